The number of methoxy groups -OCH3 is 2. The second kappa shape index (κ2) is 9.46. The van der Waals surface area contributed by atoms with Gasteiger partial charge in [-0.3, -0.25) is 14.2 Å². The van der Waals surface area contributed by atoms with Crippen molar-refractivity contribution in [3.05, 3.63) is 64.3 Å². The number of thioether (sulfide) groups is 1. The third-order valence-electron chi connectivity index (χ3n) is 4.86. The van der Waals surface area contributed by atoms with E-state index in [0.29, 0.717) is 32.6 Å². The molecule has 0 radical (unpaired) electrons. The van der Waals surface area contributed by atoms with Gasteiger partial charge in [0.1, 0.15) is 16.2 Å². The fraction of sp³-hybridized carbons (Fsp3) is 0.174. The second-order valence-electron chi connectivity index (χ2n) is 6.85. The van der Waals surface area contributed by atoms with Gasteiger partial charge in [-0.1, -0.05) is 42.1 Å². The van der Waals surface area contributed by atoms with Crippen LogP contribution in [0.2, 0.25) is 0 Å². The lowest BCUT2D eigenvalue weighted by Crippen LogP contribution is -2.21. The highest BCUT2D eigenvalue weighted by molar-refractivity contribution is 7.99. The van der Waals surface area contributed by atoms with E-state index in [1.807, 2.05) is 35.7 Å². The molecule has 0 fully saturated rings. The Hall–Kier alpha value is -3.30. The van der Waals surface area contributed by atoms with Crippen LogP contribution >= 0.6 is 23.1 Å². The third-order valence-corrected chi connectivity index (χ3v) is 6.85. The number of ether oxygens (including phenoxy) is 2. The summed E-state index contributed by atoms with van der Waals surface area (Å²) >= 11 is 2.59. The Labute approximate surface area is 193 Å². The summed E-state index contributed by atoms with van der Waals surface area (Å²) in [5.41, 5.74) is 2.99. The van der Waals surface area contributed by atoms with Gasteiger partial charge in [-0.2, -0.15) is 0 Å². The number of hydrogen-bond donors (Lipinski definition) is 1. The Bertz CT molecular complexity index is 1330. The summed E-state index contributed by atoms with van der Waals surface area (Å²) in [6, 6.07) is 15.0. The molecule has 0 aliphatic heterocycles. The predicted molar refractivity (Wildman–Crippen MR) is 129 cm³/mol. The van der Waals surface area contributed by atoms with E-state index in [1.165, 1.54) is 34.8 Å². The van der Waals surface area contributed by atoms with Gasteiger partial charge in [-0.25, -0.2) is 4.98 Å². The number of hydrogen-bond acceptors (Lipinski definition) is 7. The van der Waals surface area contributed by atoms with Crippen molar-refractivity contribution in [1.82, 2.24) is 9.55 Å². The number of aromatic nitrogens is 2. The minimum absolute atomic E-state index is 0.0891. The van der Waals surface area contributed by atoms with E-state index in [0.717, 1.165) is 11.1 Å². The number of rotatable bonds is 7. The van der Waals surface area contributed by atoms with E-state index in [-0.39, 0.29) is 17.2 Å². The number of carbonyl (C=O) groups is 1. The largest absolute Gasteiger partial charge is 0.497 e. The Kier molecular flexibility index (Phi) is 6.48. The molecule has 0 bridgehead atoms. The number of nitrogens with one attached hydrogen (secondary N) is 1. The molecule has 164 valence electrons. The summed E-state index contributed by atoms with van der Waals surface area (Å²) in [5, 5.41) is 5.26. The molecule has 1 amide bonds. The predicted octanol–water partition coefficient (Wildman–Crippen LogP) is 4.41. The van der Waals surface area contributed by atoms with Crippen molar-refractivity contribution in [3.63, 3.8) is 0 Å². The van der Waals surface area contributed by atoms with Crippen LogP contribution in [0.5, 0.6) is 11.5 Å². The number of thiophene rings is 1. The highest BCUT2D eigenvalue weighted by Gasteiger charge is 2.17. The first-order chi connectivity index (χ1) is 15.5. The van der Waals surface area contributed by atoms with Gasteiger partial charge in [0.2, 0.25) is 5.91 Å². The lowest BCUT2D eigenvalue weighted by atomic mass is 10.1. The van der Waals surface area contributed by atoms with E-state index in [9.17, 15) is 9.59 Å². The number of carbonyl (C=O) groups excluding carboxylic acids is 1. The van der Waals surface area contributed by atoms with Gasteiger partial charge in [-0.05, 0) is 17.7 Å². The molecular formula is C23H21N3O4S2. The highest BCUT2D eigenvalue weighted by atomic mass is 32.2. The standard InChI is InChI=1S/C23H21N3O4S2/c1-26-22(28)21-20(16(12-31-21)14-7-5-4-6-8-14)25-23(26)32-13-19(27)24-17-10-9-15(29-2)11-18(17)30-3/h4-12H,13H2,1-3H3,(H,24,27). The molecule has 0 aliphatic rings. The number of fused-ring (bicyclic) bond motifs is 1. The maximum absolute atomic E-state index is 12.9. The fourth-order valence-corrected chi connectivity index (χ4v) is 4.95. The smallest absolute Gasteiger partial charge is 0.271 e. The highest BCUT2D eigenvalue weighted by Crippen LogP contribution is 2.32. The molecule has 2 aromatic carbocycles. The second-order valence-corrected chi connectivity index (χ2v) is 8.68. The monoisotopic (exact) mass is 467 g/mol. The minimum Gasteiger partial charge on any atom is -0.497 e. The maximum Gasteiger partial charge on any atom is 0.271 e. The molecule has 0 saturated heterocycles. The first kappa shape index (κ1) is 21.9. The van der Waals surface area contributed by atoms with Gasteiger partial charge in [0.25, 0.3) is 5.56 Å². The SMILES string of the molecule is COc1ccc(NC(=O)CSc2nc3c(-c4ccccc4)csc3c(=O)n2C)c(OC)c1. The Morgan fingerprint density at radius 2 is 1.94 bits per heavy atom. The molecule has 0 spiro atoms. The molecule has 0 aliphatic carbocycles. The molecular weight excluding hydrogens is 446 g/mol. The van der Waals surface area contributed by atoms with Gasteiger partial charge >= 0.3 is 0 Å². The molecule has 2 heterocycles. The molecule has 0 saturated carbocycles. The van der Waals surface area contributed by atoms with Crippen molar-refractivity contribution in [2.75, 3.05) is 25.3 Å². The molecule has 4 aromatic rings. The Morgan fingerprint density at radius 1 is 1.16 bits per heavy atom. The van der Waals surface area contributed by atoms with Gasteiger partial charge in [0, 0.05) is 24.1 Å². The zero-order valence-electron chi connectivity index (χ0n) is 17.7. The van der Waals surface area contributed by atoms with Crippen molar-refractivity contribution in [2.24, 2.45) is 7.05 Å². The molecule has 0 atom stereocenters. The van der Waals surface area contributed by atoms with Crippen molar-refractivity contribution in [1.29, 1.82) is 0 Å². The summed E-state index contributed by atoms with van der Waals surface area (Å²) in [4.78, 5) is 30.2. The summed E-state index contributed by atoms with van der Waals surface area (Å²) in [6.45, 7) is 0. The molecule has 2 aromatic heterocycles. The number of anilines is 1. The third kappa shape index (κ3) is 4.35. The van der Waals surface area contributed by atoms with E-state index < -0.39 is 0 Å². The zero-order chi connectivity index (χ0) is 22.7. The molecule has 0 unspecified atom stereocenters. The summed E-state index contributed by atoms with van der Waals surface area (Å²) in [5.74, 6) is 0.986. The van der Waals surface area contributed by atoms with Crippen molar-refractivity contribution in [3.8, 4) is 22.6 Å². The summed E-state index contributed by atoms with van der Waals surface area (Å²) < 4.78 is 12.6. The van der Waals surface area contributed by atoms with Crippen LogP contribution in [0.1, 0.15) is 0 Å². The lowest BCUT2D eigenvalue weighted by Gasteiger charge is -2.12. The van der Waals surface area contributed by atoms with Crippen molar-refractivity contribution >= 4 is 44.9 Å². The van der Waals surface area contributed by atoms with Crippen LogP contribution in [0.3, 0.4) is 0 Å². The molecule has 9 heteroatoms. The van der Waals surface area contributed by atoms with Crippen LogP contribution in [0.15, 0.2) is 63.9 Å². The normalized spacial score (nSPS) is 10.8. The summed E-state index contributed by atoms with van der Waals surface area (Å²) in [6.07, 6.45) is 0. The van der Waals surface area contributed by atoms with Crippen LogP contribution in [-0.2, 0) is 11.8 Å². The van der Waals surface area contributed by atoms with Crippen LogP contribution in [0.25, 0.3) is 21.3 Å². The number of benzene rings is 2. The molecule has 4 rings (SSSR count). The first-order valence-corrected chi connectivity index (χ1v) is 11.6. The Morgan fingerprint density at radius 3 is 2.66 bits per heavy atom. The number of nitrogens with zero attached hydrogens (tertiary/aromatic N) is 2. The topological polar surface area (TPSA) is 82.5 Å². The van der Waals surface area contributed by atoms with Gasteiger partial charge in [0.15, 0.2) is 5.16 Å². The van der Waals surface area contributed by atoms with E-state index in [2.05, 4.69) is 5.32 Å². The fourth-order valence-electron chi connectivity index (χ4n) is 3.19. The van der Waals surface area contributed by atoms with Crippen LogP contribution in [0.4, 0.5) is 5.69 Å². The van der Waals surface area contributed by atoms with E-state index in [4.69, 9.17) is 14.5 Å². The molecule has 1 N–H and O–H groups in total. The van der Waals surface area contributed by atoms with E-state index >= 15 is 0 Å². The lowest BCUT2D eigenvalue weighted by molar-refractivity contribution is -0.113. The van der Waals surface area contributed by atoms with E-state index in [1.54, 1.807) is 32.4 Å². The quantitative estimate of drug-likeness (QED) is 0.320. The molecule has 32 heavy (non-hydrogen) atoms. The molecule has 7 nitrogen and oxygen atoms in total. The van der Waals surface area contributed by atoms with Crippen LogP contribution in [-0.4, -0.2) is 35.4 Å². The van der Waals surface area contributed by atoms with Gasteiger partial charge < -0.3 is 14.8 Å². The maximum atomic E-state index is 12.9. The number of amides is 1. The summed E-state index contributed by atoms with van der Waals surface area (Å²) in [7, 11) is 4.76. The van der Waals surface area contributed by atoms with Gasteiger partial charge in [-0.15, -0.1) is 11.3 Å². The van der Waals surface area contributed by atoms with Crippen LogP contribution in [0, 0.1) is 0 Å². The first-order valence-electron chi connectivity index (χ1n) is 9.70. The average molecular weight is 468 g/mol. The zero-order valence-corrected chi connectivity index (χ0v) is 19.4. The minimum atomic E-state index is -0.235. The van der Waals surface area contributed by atoms with Gasteiger partial charge in [0.05, 0.1) is 31.2 Å². The van der Waals surface area contributed by atoms with Crippen molar-refractivity contribution < 1.29 is 14.3 Å². The average Bonchev–Trinajstić information content (AvgIpc) is 3.25. The van der Waals surface area contributed by atoms with Crippen LogP contribution < -0.4 is 20.3 Å². The Balaban J connectivity index is 1.56. The van der Waals surface area contributed by atoms with Crippen molar-refractivity contribution in [2.45, 2.75) is 5.16 Å².